The maximum Gasteiger partial charge on any atom is 0.242 e. The van der Waals surface area contributed by atoms with Gasteiger partial charge in [-0.25, -0.2) is 13.1 Å². The number of fused-ring (bicyclic) bond motifs is 1. The highest BCUT2D eigenvalue weighted by molar-refractivity contribution is 7.89. The van der Waals surface area contributed by atoms with Gasteiger partial charge >= 0.3 is 0 Å². The molecule has 1 saturated heterocycles. The number of hydrogen-bond donors (Lipinski definition) is 3. The third kappa shape index (κ3) is 5.72. The quantitative estimate of drug-likeness (QED) is 0.567. The number of nitrogens with one attached hydrogen (secondary N) is 2. The van der Waals surface area contributed by atoms with Crippen LogP contribution >= 0.6 is 0 Å². The van der Waals surface area contributed by atoms with Gasteiger partial charge in [-0.2, -0.15) is 0 Å². The van der Waals surface area contributed by atoms with Crippen LogP contribution in [0.1, 0.15) is 38.5 Å². The molecule has 0 aromatic heterocycles. The zero-order valence-electron chi connectivity index (χ0n) is 18.7. The highest BCUT2D eigenvalue weighted by Crippen LogP contribution is 2.23. The van der Waals surface area contributed by atoms with Gasteiger partial charge in [0.05, 0.1) is 11.4 Å². The highest BCUT2D eigenvalue weighted by atomic mass is 32.2. The first kappa shape index (κ1) is 23.7. The maximum absolute atomic E-state index is 12.8. The molecular formula is C24H32N4O4S. The summed E-state index contributed by atoms with van der Waals surface area (Å²) in [4.78, 5) is 27.1. The van der Waals surface area contributed by atoms with Crippen LogP contribution < -0.4 is 15.8 Å². The number of nitrogens with zero attached hydrogens (tertiary/aromatic N) is 1. The molecule has 2 aromatic carbocycles. The standard InChI is InChI=1S/C24H32N4O4S/c25-20-10-7-17(8-11-20)15-26-24(30)22-6-3-13-28(22)23(29)16-27-33(31,32)21-12-9-18-4-1-2-5-19(18)14-21/h1-2,4-5,9,12,14,17,20,22,27H,3,6-8,10-11,13,15-16,25H2,(H,26,30)/t17?,20?,22-/m0/s1. The van der Waals surface area contributed by atoms with Gasteiger partial charge in [0.1, 0.15) is 6.04 Å². The van der Waals surface area contributed by atoms with Gasteiger partial charge in [-0.15, -0.1) is 0 Å². The molecule has 8 nitrogen and oxygen atoms in total. The summed E-state index contributed by atoms with van der Waals surface area (Å²) in [5.41, 5.74) is 5.94. The smallest absolute Gasteiger partial charge is 0.242 e. The Morgan fingerprint density at radius 2 is 1.73 bits per heavy atom. The van der Waals surface area contributed by atoms with E-state index < -0.39 is 16.1 Å². The molecule has 0 spiro atoms. The molecule has 1 heterocycles. The van der Waals surface area contributed by atoms with Crippen LogP contribution in [0.5, 0.6) is 0 Å². The minimum absolute atomic E-state index is 0.108. The Morgan fingerprint density at radius 1 is 1.00 bits per heavy atom. The molecule has 4 rings (SSSR count). The lowest BCUT2D eigenvalue weighted by molar-refractivity contribution is -0.137. The van der Waals surface area contributed by atoms with E-state index in [0.29, 0.717) is 25.4 Å². The minimum Gasteiger partial charge on any atom is -0.354 e. The van der Waals surface area contributed by atoms with Crippen molar-refractivity contribution >= 4 is 32.6 Å². The normalized spacial score (nSPS) is 23.5. The van der Waals surface area contributed by atoms with Crippen LogP contribution in [0, 0.1) is 5.92 Å². The predicted octanol–water partition coefficient (Wildman–Crippen LogP) is 1.74. The second-order valence-corrected chi connectivity index (χ2v) is 10.9. The number of benzene rings is 2. The summed E-state index contributed by atoms with van der Waals surface area (Å²) in [5, 5.41) is 4.74. The fourth-order valence-electron chi connectivity index (χ4n) is 4.77. The summed E-state index contributed by atoms with van der Waals surface area (Å²) in [7, 11) is -3.85. The van der Waals surface area contributed by atoms with Crippen molar-refractivity contribution in [1.29, 1.82) is 0 Å². The first-order valence-corrected chi connectivity index (χ1v) is 13.1. The largest absolute Gasteiger partial charge is 0.354 e. The zero-order valence-corrected chi connectivity index (χ0v) is 19.5. The van der Waals surface area contributed by atoms with Crippen LogP contribution in [0.25, 0.3) is 10.8 Å². The number of carbonyl (C=O) groups excluding carboxylic acids is 2. The summed E-state index contributed by atoms with van der Waals surface area (Å²) in [5.74, 6) is -0.123. The minimum atomic E-state index is -3.85. The Balaban J connectivity index is 1.32. The molecule has 178 valence electrons. The molecule has 1 atom stereocenters. The molecule has 2 amide bonds. The number of amides is 2. The molecular weight excluding hydrogens is 440 g/mol. The van der Waals surface area contributed by atoms with Crippen LogP contribution in [-0.4, -0.2) is 56.9 Å². The van der Waals surface area contributed by atoms with Crippen molar-refractivity contribution in [2.24, 2.45) is 11.7 Å². The second-order valence-electron chi connectivity index (χ2n) is 9.10. The molecule has 1 saturated carbocycles. The lowest BCUT2D eigenvalue weighted by Gasteiger charge is -2.28. The fourth-order valence-corrected chi connectivity index (χ4v) is 5.78. The third-order valence-electron chi connectivity index (χ3n) is 6.78. The van der Waals surface area contributed by atoms with Crippen LogP contribution in [0.15, 0.2) is 47.4 Å². The molecule has 1 aliphatic heterocycles. The summed E-state index contributed by atoms with van der Waals surface area (Å²) in [6.07, 6.45) is 5.28. The van der Waals surface area contributed by atoms with E-state index in [1.807, 2.05) is 24.3 Å². The van der Waals surface area contributed by atoms with Gasteiger partial charge in [0.2, 0.25) is 21.8 Å². The predicted molar refractivity (Wildman–Crippen MR) is 127 cm³/mol. The van der Waals surface area contributed by atoms with Gasteiger partial charge in [0, 0.05) is 19.1 Å². The lowest BCUT2D eigenvalue weighted by Crippen LogP contribution is -2.49. The van der Waals surface area contributed by atoms with E-state index in [4.69, 9.17) is 5.73 Å². The van der Waals surface area contributed by atoms with E-state index >= 15 is 0 Å². The molecule has 1 aliphatic carbocycles. The van der Waals surface area contributed by atoms with Crippen molar-refractivity contribution < 1.29 is 18.0 Å². The summed E-state index contributed by atoms with van der Waals surface area (Å²) >= 11 is 0. The van der Waals surface area contributed by atoms with E-state index in [0.717, 1.165) is 42.9 Å². The Bertz CT molecular complexity index is 1110. The van der Waals surface area contributed by atoms with Gasteiger partial charge in [0.25, 0.3) is 0 Å². The van der Waals surface area contributed by atoms with Crippen LogP contribution in [0.2, 0.25) is 0 Å². The van der Waals surface area contributed by atoms with E-state index in [9.17, 15) is 18.0 Å². The van der Waals surface area contributed by atoms with Crippen LogP contribution in [-0.2, 0) is 19.6 Å². The van der Waals surface area contributed by atoms with E-state index in [-0.39, 0.29) is 29.3 Å². The lowest BCUT2D eigenvalue weighted by atomic mass is 9.86. The Kier molecular flexibility index (Phi) is 7.31. The van der Waals surface area contributed by atoms with Gasteiger partial charge in [-0.1, -0.05) is 30.3 Å². The average Bonchev–Trinajstić information content (AvgIpc) is 3.32. The fraction of sp³-hybridized carbons (Fsp3) is 0.500. The van der Waals surface area contributed by atoms with Crippen molar-refractivity contribution in [3.05, 3.63) is 42.5 Å². The van der Waals surface area contributed by atoms with E-state index in [2.05, 4.69) is 10.0 Å². The summed E-state index contributed by atoms with van der Waals surface area (Å²) < 4.78 is 27.9. The van der Waals surface area contributed by atoms with Crippen molar-refractivity contribution in [3.63, 3.8) is 0 Å². The van der Waals surface area contributed by atoms with Crippen LogP contribution in [0.4, 0.5) is 0 Å². The number of hydrogen-bond acceptors (Lipinski definition) is 5. The average molecular weight is 473 g/mol. The molecule has 33 heavy (non-hydrogen) atoms. The Hall–Kier alpha value is -2.49. The maximum atomic E-state index is 12.8. The van der Waals surface area contributed by atoms with Crippen LogP contribution in [0.3, 0.4) is 0 Å². The number of rotatable bonds is 7. The Morgan fingerprint density at radius 3 is 2.48 bits per heavy atom. The molecule has 2 aliphatic rings. The molecule has 0 bridgehead atoms. The molecule has 0 radical (unpaired) electrons. The number of nitrogens with two attached hydrogens (primary N) is 1. The number of sulfonamides is 1. The third-order valence-corrected chi connectivity index (χ3v) is 8.18. The monoisotopic (exact) mass is 472 g/mol. The molecule has 0 unspecified atom stereocenters. The van der Waals surface area contributed by atoms with Gasteiger partial charge < -0.3 is 16.0 Å². The van der Waals surface area contributed by atoms with Crippen molar-refractivity contribution in [2.45, 2.75) is 55.5 Å². The zero-order chi connectivity index (χ0) is 23.4. The first-order chi connectivity index (χ1) is 15.8. The number of likely N-dealkylation sites (tertiary alicyclic amines) is 1. The van der Waals surface area contributed by atoms with Gasteiger partial charge in [0.15, 0.2) is 0 Å². The SMILES string of the molecule is NC1CCC(CNC(=O)[C@@H]2CCCN2C(=O)CNS(=O)(=O)c2ccc3ccccc3c2)CC1. The molecule has 2 aromatic rings. The van der Waals surface area contributed by atoms with Gasteiger partial charge in [-0.05, 0) is 67.3 Å². The Labute approximate surface area is 194 Å². The van der Waals surface area contributed by atoms with E-state index in [1.165, 1.54) is 11.0 Å². The van der Waals surface area contributed by atoms with E-state index in [1.54, 1.807) is 12.1 Å². The second kappa shape index (κ2) is 10.2. The van der Waals surface area contributed by atoms with Crippen molar-refractivity contribution in [1.82, 2.24) is 14.9 Å². The molecule has 4 N–H and O–H groups in total. The van der Waals surface area contributed by atoms with Crippen molar-refractivity contribution in [3.8, 4) is 0 Å². The number of carbonyl (C=O) groups is 2. The topological polar surface area (TPSA) is 122 Å². The molecule has 2 fully saturated rings. The van der Waals surface area contributed by atoms with Crippen molar-refractivity contribution in [2.75, 3.05) is 19.6 Å². The first-order valence-electron chi connectivity index (χ1n) is 11.6. The summed E-state index contributed by atoms with van der Waals surface area (Å²) in [6.45, 7) is 0.672. The molecule has 9 heteroatoms. The summed E-state index contributed by atoms with van der Waals surface area (Å²) in [6, 6.07) is 12.1. The van der Waals surface area contributed by atoms with Gasteiger partial charge in [-0.3, -0.25) is 9.59 Å². The highest BCUT2D eigenvalue weighted by Gasteiger charge is 2.34.